The molecule has 0 spiro atoms. The molecule has 116 valence electrons. The van der Waals surface area contributed by atoms with Crippen molar-refractivity contribution in [2.75, 3.05) is 12.4 Å². The Labute approximate surface area is 131 Å². The van der Waals surface area contributed by atoms with Crippen molar-refractivity contribution in [2.24, 2.45) is 0 Å². The van der Waals surface area contributed by atoms with Crippen LogP contribution in [0.1, 0.15) is 5.56 Å². The van der Waals surface area contributed by atoms with Gasteiger partial charge in [0.15, 0.2) is 0 Å². The van der Waals surface area contributed by atoms with Gasteiger partial charge in [-0.1, -0.05) is 11.6 Å². The van der Waals surface area contributed by atoms with Gasteiger partial charge in [-0.15, -0.1) is 0 Å². The third-order valence-corrected chi connectivity index (χ3v) is 3.42. The lowest BCUT2D eigenvalue weighted by Gasteiger charge is -2.13. The summed E-state index contributed by atoms with van der Waals surface area (Å²) < 4.78 is 19.2. The fourth-order valence-electron chi connectivity index (χ4n) is 1.90. The quantitative estimate of drug-likeness (QED) is 0.940. The minimum atomic E-state index is -0.590. The lowest BCUT2D eigenvalue weighted by atomic mass is 10.2. The number of halogens is 2. The Hall–Kier alpha value is -2.34. The average molecular weight is 325 g/mol. The predicted octanol–water partition coefficient (Wildman–Crippen LogP) is 2.60. The highest BCUT2D eigenvalue weighted by molar-refractivity contribution is 6.31. The zero-order valence-corrected chi connectivity index (χ0v) is 12.8. The summed E-state index contributed by atoms with van der Waals surface area (Å²) in [6.07, 6.45) is 0.978. The largest absolute Gasteiger partial charge is 0.495 e. The lowest BCUT2D eigenvalue weighted by Crippen LogP contribution is -2.27. The first-order valence-electron chi connectivity index (χ1n) is 6.40. The van der Waals surface area contributed by atoms with E-state index in [1.165, 1.54) is 7.11 Å². The average Bonchev–Trinajstić information content (AvgIpc) is 2.46. The molecule has 1 amide bonds. The van der Waals surface area contributed by atoms with Gasteiger partial charge in [0.05, 0.1) is 12.8 Å². The predicted molar refractivity (Wildman–Crippen MR) is 82.0 cm³/mol. The lowest BCUT2D eigenvalue weighted by molar-refractivity contribution is -0.116. The number of pyridine rings is 1. The van der Waals surface area contributed by atoms with E-state index in [4.69, 9.17) is 16.3 Å². The molecule has 0 atom stereocenters. The molecule has 0 saturated carbocycles. The van der Waals surface area contributed by atoms with Gasteiger partial charge in [0.2, 0.25) is 5.91 Å². The Morgan fingerprint density at radius 1 is 1.41 bits per heavy atom. The van der Waals surface area contributed by atoms with Crippen LogP contribution in [0.25, 0.3) is 0 Å². The van der Waals surface area contributed by atoms with E-state index in [0.717, 1.165) is 28.5 Å². The van der Waals surface area contributed by atoms with Crippen LogP contribution in [0.15, 0.2) is 35.3 Å². The van der Waals surface area contributed by atoms with Gasteiger partial charge in [-0.25, -0.2) is 4.39 Å². The van der Waals surface area contributed by atoms with Crippen molar-refractivity contribution in [3.8, 4) is 5.75 Å². The molecule has 1 heterocycles. The number of methoxy groups -OCH3 is 1. The molecule has 22 heavy (non-hydrogen) atoms. The number of aromatic nitrogens is 1. The third-order valence-electron chi connectivity index (χ3n) is 3.02. The fraction of sp³-hybridized carbons (Fsp3) is 0.200. The number of rotatable bonds is 4. The Morgan fingerprint density at radius 2 is 2.14 bits per heavy atom. The van der Waals surface area contributed by atoms with Crippen LogP contribution in [0.3, 0.4) is 0 Å². The number of benzene rings is 1. The van der Waals surface area contributed by atoms with Gasteiger partial charge in [0.1, 0.15) is 18.1 Å². The van der Waals surface area contributed by atoms with Gasteiger partial charge >= 0.3 is 0 Å². The van der Waals surface area contributed by atoms with Crippen LogP contribution in [0.4, 0.5) is 10.1 Å². The molecule has 7 heteroatoms. The Kier molecular flexibility index (Phi) is 4.82. The number of anilines is 1. The number of nitrogens with zero attached hydrogens (tertiary/aromatic N) is 1. The molecular weight excluding hydrogens is 311 g/mol. The van der Waals surface area contributed by atoms with Gasteiger partial charge in [-0.05, 0) is 24.6 Å². The van der Waals surface area contributed by atoms with Crippen LogP contribution in [0.2, 0.25) is 5.02 Å². The zero-order valence-electron chi connectivity index (χ0n) is 12.0. The van der Waals surface area contributed by atoms with Gasteiger partial charge in [-0.2, -0.15) is 0 Å². The maximum atomic E-state index is 13.1. The third kappa shape index (κ3) is 3.65. The van der Waals surface area contributed by atoms with Gasteiger partial charge in [0, 0.05) is 23.4 Å². The van der Waals surface area contributed by atoms with E-state index in [1.54, 1.807) is 19.1 Å². The van der Waals surface area contributed by atoms with E-state index < -0.39 is 17.3 Å². The first kappa shape index (κ1) is 16.0. The van der Waals surface area contributed by atoms with E-state index in [0.29, 0.717) is 16.5 Å². The van der Waals surface area contributed by atoms with Gasteiger partial charge in [-0.3, -0.25) is 9.59 Å². The maximum Gasteiger partial charge on any atom is 0.251 e. The highest BCUT2D eigenvalue weighted by atomic mass is 35.5. The molecule has 0 aliphatic rings. The Morgan fingerprint density at radius 3 is 2.82 bits per heavy atom. The summed E-state index contributed by atoms with van der Waals surface area (Å²) >= 11 is 5.99. The second kappa shape index (κ2) is 6.62. The van der Waals surface area contributed by atoms with Crippen LogP contribution in [-0.4, -0.2) is 17.6 Å². The Bertz CT molecular complexity index is 774. The molecule has 0 fully saturated rings. The molecule has 0 aliphatic carbocycles. The molecule has 0 bridgehead atoms. The number of aryl methyl sites for hydroxylation is 1. The summed E-state index contributed by atoms with van der Waals surface area (Å²) in [5, 5.41) is 3.13. The van der Waals surface area contributed by atoms with E-state index in [2.05, 4.69) is 5.32 Å². The summed E-state index contributed by atoms with van der Waals surface area (Å²) in [7, 11) is 1.45. The standard InChI is InChI=1S/C15H14ClFN2O3/c1-9-5-12(13(22-2)6-11(9)16)18-14(20)8-19-7-10(17)3-4-15(19)21/h3-7H,8H2,1-2H3,(H,18,20). The summed E-state index contributed by atoms with van der Waals surface area (Å²) in [4.78, 5) is 23.6. The van der Waals surface area contributed by atoms with E-state index in [1.807, 2.05) is 0 Å². The summed E-state index contributed by atoms with van der Waals surface area (Å²) in [6.45, 7) is 1.48. The minimum absolute atomic E-state index is 0.304. The van der Waals surface area contributed by atoms with Crippen molar-refractivity contribution >= 4 is 23.2 Å². The molecule has 1 N–H and O–H groups in total. The summed E-state index contributed by atoms with van der Waals surface area (Å²) in [5.41, 5.74) is 0.732. The number of ether oxygens (including phenoxy) is 1. The highest BCUT2D eigenvalue weighted by Gasteiger charge is 2.11. The first-order chi connectivity index (χ1) is 10.4. The van der Waals surface area contributed by atoms with Crippen molar-refractivity contribution in [3.05, 3.63) is 57.2 Å². The number of amides is 1. The summed E-state index contributed by atoms with van der Waals surface area (Å²) in [5.74, 6) is -0.671. The molecule has 2 rings (SSSR count). The molecule has 0 radical (unpaired) electrons. The second-order valence-electron chi connectivity index (χ2n) is 4.66. The van der Waals surface area contributed by atoms with Crippen LogP contribution in [0.5, 0.6) is 5.75 Å². The number of carbonyl (C=O) groups excluding carboxylic acids is 1. The van der Waals surface area contributed by atoms with Crippen molar-refractivity contribution in [3.63, 3.8) is 0 Å². The fourth-order valence-corrected chi connectivity index (χ4v) is 2.05. The monoisotopic (exact) mass is 324 g/mol. The van der Waals surface area contributed by atoms with Crippen molar-refractivity contribution in [1.29, 1.82) is 0 Å². The number of hydrogen-bond donors (Lipinski definition) is 1. The topological polar surface area (TPSA) is 60.3 Å². The molecule has 2 aromatic rings. The molecular formula is C15H14ClFN2O3. The SMILES string of the molecule is COc1cc(Cl)c(C)cc1NC(=O)Cn1cc(F)ccc1=O. The van der Waals surface area contributed by atoms with Crippen LogP contribution in [-0.2, 0) is 11.3 Å². The Balaban J connectivity index is 2.20. The van der Waals surface area contributed by atoms with Gasteiger partial charge < -0.3 is 14.6 Å². The van der Waals surface area contributed by atoms with Crippen molar-refractivity contribution in [2.45, 2.75) is 13.5 Å². The maximum absolute atomic E-state index is 13.1. The highest BCUT2D eigenvalue weighted by Crippen LogP contribution is 2.30. The van der Waals surface area contributed by atoms with Gasteiger partial charge in [0.25, 0.3) is 5.56 Å². The van der Waals surface area contributed by atoms with Crippen LogP contribution in [0, 0.1) is 12.7 Å². The molecule has 0 saturated heterocycles. The molecule has 0 unspecified atom stereocenters. The van der Waals surface area contributed by atoms with Crippen molar-refractivity contribution in [1.82, 2.24) is 4.57 Å². The smallest absolute Gasteiger partial charge is 0.251 e. The van der Waals surface area contributed by atoms with E-state index >= 15 is 0 Å². The van der Waals surface area contributed by atoms with Crippen molar-refractivity contribution < 1.29 is 13.9 Å². The summed E-state index contributed by atoms with van der Waals surface area (Å²) in [6, 6.07) is 5.35. The van der Waals surface area contributed by atoms with E-state index in [9.17, 15) is 14.0 Å². The first-order valence-corrected chi connectivity index (χ1v) is 6.78. The molecule has 1 aromatic carbocycles. The molecule has 5 nitrogen and oxygen atoms in total. The molecule has 0 aliphatic heterocycles. The zero-order chi connectivity index (χ0) is 16.3. The van der Waals surface area contributed by atoms with E-state index in [-0.39, 0.29) is 6.54 Å². The minimum Gasteiger partial charge on any atom is -0.495 e. The van der Waals surface area contributed by atoms with Crippen LogP contribution < -0.4 is 15.6 Å². The normalized spacial score (nSPS) is 10.4. The molecule has 1 aromatic heterocycles. The number of nitrogens with one attached hydrogen (secondary N) is 1. The van der Waals surface area contributed by atoms with Crippen LogP contribution >= 0.6 is 11.6 Å². The second-order valence-corrected chi connectivity index (χ2v) is 5.07. The number of carbonyl (C=O) groups is 1. The number of hydrogen-bond acceptors (Lipinski definition) is 3.